The van der Waals surface area contributed by atoms with Crippen LogP contribution >= 0.6 is 27.7 Å². The minimum absolute atomic E-state index is 0.0669. The van der Waals surface area contributed by atoms with Gasteiger partial charge in [0.05, 0.1) is 34.7 Å². The molecule has 1 fully saturated rings. The number of nitrogens with zero attached hydrogens (tertiary/aromatic N) is 2. The number of ether oxygens (including phenoxy) is 2. The molecule has 0 spiro atoms. The van der Waals surface area contributed by atoms with Crippen LogP contribution in [0.1, 0.15) is 22.3 Å². The Bertz CT molecular complexity index is 1350. The van der Waals surface area contributed by atoms with Crippen LogP contribution in [0, 0.1) is 17.1 Å². The summed E-state index contributed by atoms with van der Waals surface area (Å²) in [6.45, 7) is 0.333. The lowest BCUT2D eigenvalue weighted by Gasteiger charge is -2.14. The number of methoxy groups -OCH3 is 1. The smallest absolute Gasteiger partial charge is 0.293 e. The van der Waals surface area contributed by atoms with E-state index >= 15 is 0 Å². The van der Waals surface area contributed by atoms with E-state index in [0.29, 0.717) is 32.7 Å². The average molecular weight is 553 g/mol. The van der Waals surface area contributed by atoms with Crippen molar-refractivity contribution >= 4 is 44.9 Å². The lowest BCUT2D eigenvalue weighted by molar-refractivity contribution is -0.123. The average Bonchev–Trinajstić information content (AvgIpc) is 3.12. The zero-order valence-electron chi connectivity index (χ0n) is 18.5. The van der Waals surface area contributed by atoms with E-state index in [1.807, 2.05) is 12.1 Å². The molecule has 0 aromatic heterocycles. The molecule has 0 aliphatic carbocycles. The van der Waals surface area contributed by atoms with Gasteiger partial charge >= 0.3 is 0 Å². The molecule has 0 radical (unpaired) electrons. The number of hydrogen-bond donors (Lipinski definition) is 0. The Morgan fingerprint density at radius 3 is 2.43 bits per heavy atom. The molecule has 35 heavy (non-hydrogen) atoms. The standard InChI is InChI=1S/C26H18BrFN2O4S/c1-33-22-11-19(10-21(27)24(22)34-15-18-4-2-16(13-29)3-5-18)12-23-25(31)30(26(32)35-23)14-17-6-8-20(28)9-7-17/h2-12H,14-15H2,1H3/b23-12-. The highest BCUT2D eigenvalue weighted by Gasteiger charge is 2.35. The zero-order chi connectivity index (χ0) is 24.9. The van der Waals surface area contributed by atoms with Crippen LogP contribution in [0.3, 0.4) is 0 Å². The minimum Gasteiger partial charge on any atom is -0.493 e. The van der Waals surface area contributed by atoms with Crippen molar-refractivity contribution in [2.24, 2.45) is 0 Å². The molecule has 0 atom stereocenters. The maximum absolute atomic E-state index is 13.1. The van der Waals surface area contributed by atoms with Crippen LogP contribution in [0.4, 0.5) is 9.18 Å². The third-order valence-corrected chi connectivity index (χ3v) is 6.64. The van der Waals surface area contributed by atoms with Crippen molar-refractivity contribution in [2.75, 3.05) is 7.11 Å². The van der Waals surface area contributed by atoms with Crippen molar-refractivity contribution in [2.45, 2.75) is 13.2 Å². The highest BCUT2D eigenvalue weighted by atomic mass is 79.9. The number of rotatable bonds is 7. The van der Waals surface area contributed by atoms with Crippen molar-refractivity contribution in [3.05, 3.63) is 98.1 Å². The molecule has 4 rings (SSSR count). The molecule has 1 heterocycles. The molecule has 176 valence electrons. The van der Waals surface area contributed by atoms with Crippen LogP contribution in [0.5, 0.6) is 11.5 Å². The van der Waals surface area contributed by atoms with E-state index in [1.165, 1.54) is 19.2 Å². The maximum Gasteiger partial charge on any atom is 0.293 e. The van der Waals surface area contributed by atoms with Crippen LogP contribution in [0.25, 0.3) is 6.08 Å². The molecule has 3 aromatic carbocycles. The van der Waals surface area contributed by atoms with Gasteiger partial charge in [-0.3, -0.25) is 14.5 Å². The number of imide groups is 1. The van der Waals surface area contributed by atoms with Crippen LogP contribution in [-0.4, -0.2) is 23.2 Å². The fourth-order valence-corrected chi connectivity index (χ4v) is 4.77. The van der Waals surface area contributed by atoms with Crippen molar-refractivity contribution in [3.8, 4) is 17.6 Å². The van der Waals surface area contributed by atoms with Crippen molar-refractivity contribution < 1.29 is 23.5 Å². The fraction of sp³-hybridized carbons (Fsp3) is 0.115. The van der Waals surface area contributed by atoms with Gasteiger partial charge < -0.3 is 9.47 Å². The molecule has 0 bridgehead atoms. The van der Waals surface area contributed by atoms with E-state index in [9.17, 15) is 14.0 Å². The van der Waals surface area contributed by atoms with E-state index in [4.69, 9.17) is 14.7 Å². The van der Waals surface area contributed by atoms with E-state index in [1.54, 1.807) is 42.5 Å². The van der Waals surface area contributed by atoms with Crippen LogP contribution in [0.15, 0.2) is 70.0 Å². The quantitative estimate of drug-likeness (QED) is 0.321. The minimum atomic E-state index is -0.416. The Balaban J connectivity index is 1.51. The summed E-state index contributed by atoms with van der Waals surface area (Å²) in [5.74, 6) is 0.135. The highest BCUT2D eigenvalue weighted by Crippen LogP contribution is 2.39. The molecule has 3 aromatic rings. The molecule has 0 unspecified atom stereocenters. The summed E-state index contributed by atoms with van der Waals surface area (Å²) in [6, 6.07) is 18.3. The van der Waals surface area contributed by atoms with Gasteiger partial charge in [0, 0.05) is 0 Å². The van der Waals surface area contributed by atoms with Crippen molar-refractivity contribution in [1.29, 1.82) is 5.26 Å². The molecule has 6 nitrogen and oxygen atoms in total. The number of nitriles is 1. The molecule has 1 aliphatic heterocycles. The monoisotopic (exact) mass is 552 g/mol. The molecule has 0 saturated carbocycles. The topological polar surface area (TPSA) is 79.6 Å². The number of carbonyl (C=O) groups excluding carboxylic acids is 2. The van der Waals surface area contributed by atoms with Crippen LogP contribution < -0.4 is 9.47 Å². The lowest BCUT2D eigenvalue weighted by atomic mass is 10.1. The SMILES string of the molecule is COc1cc(/C=C2\SC(=O)N(Cc3ccc(F)cc3)C2=O)cc(Br)c1OCc1ccc(C#N)cc1. The molecule has 0 N–H and O–H groups in total. The van der Waals surface area contributed by atoms with Crippen LogP contribution in [-0.2, 0) is 17.9 Å². The number of benzene rings is 3. The second-order valence-electron chi connectivity index (χ2n) is 7.53. The van der Waals surface area contributed by atoms with Gasteiger partial charge in [-0.25, -0.2) is 4.39 Å². The molecule has 9 heteroatoms. The van der Waals surface area contributed by atoms with Gasteiger partial charge in [-0.2, -0.15) is 5.26 Å². The molecule has 2 amide bonds. The first kappa shape index (κ1) is 24.5. The summed E-state index contributed by atoms with van der Waals surface area (Å²) in [7, 11) is 1.51. The second-order valence-corrected chi connectivity index (χ2v) is 9.37. The molecular formula is C26H18BrFN2O4S. The molecule has 1 saturated heterocycles. The van der Waals surface area contributed by atoms with Crippen molar-refractivity contribution in [1.82, 2.24) is 4.90 Å². The number of halogens is 2. The number of thioether (sulfide) groups is 1. The van der Waals surface area contributed by atoms with Gasteiger partial charge in [-0.05, 0) is 86.9 Å². The normalized spacial score (nSPS) is 14.3. The van der Waals surface area contributed by atoms with Gasteiger partial charge in [0.2, 0.25) is 0 Å². The Labute approximate surface area is 214 Å². The summed E-state index contributed by atoms with van der Waals surface area (Å²) < 4.78 is 25.2. The van der Waals surface area contributed by atoms with E-state index in [0.717, 1.165) is 22.2 Å². The third-order valence-electron chi connectivity index (χ3n) is 5.14. The van der Waals surface area contributed by atoms with Gasteiger partial charge in [-0.1, -0.05) is 24.3 Å². The Morgan fingerprint density at radius 2 is 1.77 bits per heavy atom. The maximum atomic E-state index is 13.1. The number of hydrogen-bond acceptors (Lipinski definition) is 6. The fourth-order valence-electron chi connectivity index (χ4n) is 3.35. The zero-order valence-corrected chi connectivity index (χ0v) is 20.9. The Hall–Kier alpha value is -3.61. The van der Waals surface area contributed by atoms with Gasteiger partial charge in [0.1, 0.15) is 12.4 Å². The number of amides is 2. The largest absolute Gasteiger partial charge is 0.493 e. The van der Waals surface area contributed by atoms with E-state index in [2.05, 4.69) is 22.0 Å². The second kappa shape index (κ2) is 10.8. The first-order valence-corrected chi connectivity index (χ1v) is 12.0. The summed E-state index contributed by atoms with van der Waals surface area (Å²) in [5.41, 5.74) is 2.76. The Morgan fingerprint density at radius 1 is 1.09 bits per heavy atom. The first-order valence-electron chi connectivity index (χ1n) is 10.4. The lowest BCUT2D eigenvalue weighted by Crippen LogP contribution is -2.27. The highest BCUT2D eigenvalue weighted by molar-refractivity contribution is 9.10. The summed E-state index contributed by atoms with van der Waals surface area (Å²) in [5, 5.41) is 8.54. The summed E-state index contributed by atoms with van der Waals surface area (Å²) in [6.07, 6.45) is 1.62. The molecular weight excluding hydrogens is 535 g/mol. The van der Waals surface area contributed by atoms with E-state index in [-0.39, 0.29) is 29.1 Å². The predicted molar refractivity (Wildman–Crippen MR) is 134 cm³/mol. The number of carbonyl (C=O) groups is 2. The van der Waals surface area contributed by atoms with E-state index < -0.39 is 5.91 Å². The Kier molecular flexibility index (Phi) is 7.54. The predicted octanol–water partition coefficient (Wildman–Crippen LogP) is 6.28. The summed E-state index contributed by atoms with van der Waals surface area (Å²) in [4.78, 5) is 26.7. The van der Waals surface area contributed by atoms with Gasteiger partial charge in [-0.15, -0.1) is 0 Å². The third kappa shape index (κ3) is 5.73. The summed E-state index contributed by atoms with van der Waals surface area (Å²) >= 11 is 4.34. The van der Waals surface area contributed by atoms with Crippen molar-refractivity contribution in [3.63, 3.8) is 0 Å². The van der Waals surface area contributed by atoms with Crippen LogP contribution in [0.2, 0.25) is 0 Å². The first-order chi connectivity index (χ1) is 16.9. The molecule has 1 aliphatic rings. The van der Waals surface area contributed by atoms with Gasteiger partial charge in [0.25, 0.3) is 11.1 Å². The van der Waals surface area contributed by atoms with Gasteiger partial charge in [0.15, 0.2) is 11.5 Å².